The predicted molar refractivity (Wildman–Crippen MR) is 145 cm³/mol. The summed E-state index contributed by atoms with van der Waals surface area (Å²) in [7, 11) is 0. The first-order chi connectivity index (χ1) is 17.6. The Kier molecular flexibility index (Phi) is 8.44. The molecule has 3 aromatic carbocycles. The Bertz CT molecular complexity index is 1450. The van der Waals surface area contributed by atoms with Crippen molar-refractivity contribution in [1.82, 2.24) is 4.90 Å². The largest absolute Gasteiger partial charge is 0.482 e. The second-order valence-corrected chi connectivity index (χ2v) is 10.2. The first-order valence-electron chi connectivity index (χ1n) is 10.8. The number of aryl methyl sites for hydroxylation is 1. The molecule has 3 amide bonds. The number of ether oxygens (including phenoxy) is 1. The smallest absolute Gasteiger partial charge is 0.293 e. The number of amides is 3. The lowest BCUT2D eigenvalue weighted by atomic mass is 10.2. The molecule has 190 valence electrons. The van der Waals surface area contributed by atoms with Gasteiger partial charge in [-0.25, -0.2) is 4.39 Å². The molecule has 0 spiro atoms. The van der Waals surface area contributed by atoms with E-state index < -0.39 is 22.9 Å². The van der Waals surface area contributed by atoms with Crippen molar-refractivity contribution in [1.29, 1.82) is 0 Å². The van der Waals surface area contributed by atoms with Crippen molar-refractivity contribution in [3.63, 3.8) is 0 Å². The highest BCUT2D eigenvalue weighted by molar-refractivity contribution is 8.18. The Morgan fingerprint density at radius 3 is 2.51 bits per heavy atom. The summed E-state index contributed by atoms with van der Waals surface area (Å²) in [6.45, 7) is 1.50. The molecular formula is C26H18Cl3FN2O4S. The van der Waals surface area contributed by atoms with Gasteiger partial charge in [0, 0.05) is 15.7 Å². The third kappa shape index (κ3) is 6.64. The topological polar surface area (TPSA) is 75.7 Å². The van der Waals surface area contributed by atoms with Gasteiger partial charge in [-0.1, -0.05) is 53.0 Å². The van der Waals surface area contributed by atoms with E-state index in [4.69, 9.17) is 39.5 Å². The van der Waals surface area contributed by atoms with Gasteiger partial charge in [0.15, 0.2) is 6.61 Å². The van der Waals surface area contributed by atoms with Crippen molar-refractivity contribution in [2.24, 2.45) is 0 Å². The fourth-order valence-corrected chi connectivity index (χ4v) is 4.83. The quantitative estimate of drug-likeness (QED) is 0.296. The van der Waals surface area contributed by atoms with E-state index in [2.05, 4.69) is 5.32 Å². The van der Waals surface area contributed by atoms with Crippen LogP contribution in [0, 0.1) is 12.7 Å². The van der Waals surface area contributed by atoms with Crippen molar-refractivity contribution in [3.05, 3.63) is 97.1 Å². The molecule has 1 saturated heterocycles. The number of nitrogens with one attached hydrogen (secondary N) is 1. The van der Waals surface area contributed by atoms with Gasteiger partial charge in [-0.2, -0.15) is 0 Å². The van der Waals surface area contributed by atoms with E-state index in [1.165, 1.54) is 18.2 Å². The summed E-state index contributed by atoms with van der Waals surface area (Å²) >= 11 is 19.2. The standard InChI is InChI=1S/C26H18Cl3FN2O4S/c1-14-2-6-18(11-19(14)27)31-24(33)13-36-22-7-3-15(8-21(22)29)9-23-25(34)32(26(35)37-23)12-16-4-5-17(30)10-20(16)28/h2-11H,12-13H2,1H3,(H,31,33)/b23-9-. The van der Waals surface area contributed by atoms with E-state index in [0.717, 1.165) is 28.3 Å². The number of imide groups is 1. The molecule has 0 atom stereocenters. The van der Waals surface area contributed by atoms with Crippen LogP contribution in [0.5, 0.6) is 5.75 Å². The van der Waals surface area contributed by atoms with E-state index >= 15 is 0 Å². The fourth-order valence-electron chi connectivity index (χ4n) is 3.34. The molecule has 37 heavy (non-hydrogen) atoms. The molecule has 3 aromatic rings. The van der Waals surface area contributed by atoms with Crippen LogP contribution in [0.15, 0.2) is 59.5 Å². The lowest BCUT2D eigenvalue weighted by molar-refractivity contribution is -0.123. The molecule has 0 aliphatic carbocycles. The summed E-state index contributed by atoms with van der Waals surface area (Å²) in [6, 6.07) is 13.7. The number of rotatable bonds is 7. The van der Waals surface area contributed by atoms with Crippen LogP contribution in [0.1, 0.15) is 16.7 Å². The molecule has 0 aromatic heterocycles. The number of carbonyl (C=O) groups is 3. The maximum absolute atomic E-state index is 13.3. The summed E-state index contributed by atoms with van der Waals surface area (Å²) < 4.78 is 18.8. The van der Waals surface area contributed by atoms with Gasteiger partial charge in [-0.15, -0.1) is 0 Å². The van der Waals surface area contributed by atoms with Crippen molar-refractivity contribution < 1.29 is 23.5 Å². The van der Waals surface area contributed by atoms with Gasteiger partial charge >= 0.3 is 0 Å². The number of carbonyl (C=O) groups excluding carboxylic acids is 3. The second kappa shape index (κ2) is 11.6. The lowest BCUT2D eigenvalue weighted by Crippen LogP contribution is -2.27. The van der Waals surface area contributed by atoms with Crippen molar-refractivity contribution >= 4 is 75.4 Å². The van der Waals surface area contributed by atoms with Crippen LogP contribution in [-0.4, -0.2) is 28.6 Å². The SMILES string of the molecule is Cc1ccc(NC(=O)COc2ccc(/C=C3\SC(=O)N(Cc4ccc(F)cc4Cl)C3=O)cc2Cl)cc1Cl. The lowest BCUT2D eigenvalue weighted by Gasteiger charge is -2.13. The van der Waals surface area contributed by atoms with E-state index in [0.29, 0.717) is 21.8 Å². The normalized spacial score (nSPS) is 14.4. The molecule has 0 saturated carbocycles. The predicted octanol–water partition coefficient (Wildman–Crippen LogP) is 7.35. The minimum absolute atomic E-state index is 0.0779. The first-order valence-corrected chi connectivity index (χ1v) is 12.7. The third-order valence-electron chi connectivity index (χ3n) is 5.29. The average Bonchev–Trinajstić information content (AvgIpc) is 3.09. The highest BCUT2D eigenvalue weighted by atomic mass is 35.5. The Morgan fingerprint density at radius 2 is 1.81 bits per heavy atom. The molecule has 1 fully saturated rings. The van der Waals surface area contributed by atoms with Crippen molar-refractivity contribution in [3.8, 4) is 5.75 Å². The number of hydrogen-bond acceptors (Lipinski definition) is 5. The summed E-state index contributed by atoms with van der Waals surface area (Å²) in [4.78, 5) is 38.7. The fraction of sp³-hybridized carbons (Fsp3) is 0.115. The first kappa shape index (κ1) is 27.0. The minimum atomic E-state index is -0.510. The van der Waals surface area contributed by atoms with Crippen molar-refractivity contribution in [2.75, 3.05) is 11.9 Å². The molecule has 1 heterocycles. The highest BCUT2D eigenvalue weighted by Gasteiger charge is 2.35. The summed E-state index contributed by atoms with van der Waals surface area (Å²) in [6.07, 6.45) is 1.53. The van der Waals surface area contributed by atoms with E-state index in [-0.39, 0.29) is 33.9 Å². The van der Waals surface area contributed by atoms with Gasteiger partial charge in [0.2, 0.25) is 0 Å². The van der Waals surface area contributed by atoms with Gasteiger partial charge in [0.05, 0.1) is 16.5 Å². The Morgan fingerprint density at radius 1 is 1.03 bits per heavy atom. The molecule has 1 N–H and O–H groups in total. The van der Waals surface area contributed by atoms with Crippen LogP contribution in [-0.2, 0) is 16.1 Å². The second-order valence-electron chi connectivity index (χ2n) is 7.99. The highest BCUT2D eigenvalue weighted by Crippen LogP contribution is 2.35. The zero-order valence-electron chi connectivity index (χ0n) is 19.2. The van der Waals surface area contributed by atoms with Crippen LogP contribution in [0.4, 0.5) is 14.9 Å². The number of nitrogens with zero attached hydrogens (tertiary/aromatic N) is 1. The van der Waals surface area contributed by atoms with Crippen LogP contribution >= 0.6 is 46.6 Å². The number of halogens is 4. The van der Waals surface area contributed by atoms with Gasteiger partial charge < -0.3 is 10.1 Å². The number of thioether (sulfide) groups is 1. The maximum Gasteiger partial charge on any atom is 0.293 e. The monoisotopic (exact) mass is 578 g/mol. The molecule has 1 aliphatic rings. The number of hydrogen-bond donors (Lipinski definition) is 1. The van der Waals surface area contributed by atoms with Crippen molar-refractivity contribution in [2.45, 2.75) is 13.5 Å². The average molecular weight is 580 g/mol. The molecule has 0 unspecified atom stereocenters. The van der Waals surface area contributed by atoms with Gasteiger partial charge in [-0.3, -0.25) is 19.3 Å². The summed E-state index contributed by atoms with van der Waals surface area (Å²) in [5.41, 5.74) is 2.44. The molecule has 4 rings (SSSR count). The zero-order chi connectivity index (χ0) is 26.7. The summed E-state index contributed by atoms with van der Waals surface area (Å²) in [5.74, 6) is -1.13. The summed E-state index contributed by atoms with van der Waals surface area (Å²) in [5, 5.41) is 3.11. The minimum Gasteiger partial charge on any atom is -0.482 e. The van der Waals surface area contributed by atoms with E-state index in [1.807, 2.05) is 6.92 Å². The molecule has 0 radical (unpaired) electrons. The van der Waals surface area contributed by atoms with Gasteiger partial charge in [0.1, 0.15) is 11.6 Å². The Hall–Kier alpha value is -3.04. The van der Waals surface area contributed by atoms with E-state index in [9.17, 15) is 18.8 Å². The number of anilines is 1. The molecule has 6 nitrogen and oxygen atoms in total. The number of benzene rings is 3. The molecule has 0 bridgehead atoms. The van der Waals surface area contributed by atoms with E-state index in [1.54, 1.807) is 36.4 Å². The van der Waals surface area contributed by atoms with Crippen LogP contribution in [0.2, 0.25) is 15.1 Å². The molecule has 11 heteroatoms. The Balaban J connectivity index is 1.39. The van der Waals surface area contributed by atoms with Crippen LogP contribution in [0.25, 0.3) is 6.08 Å². The Labute approximate surface area is 231 Å². The molecule has 1 aliphatic heterocycles. The zero-order valence-corrected chi connectivity index (χ0v) is 22.3. The van der Waals surface area contributed by atoms with Crippen LogP contribution < -0.4 is 10.1 Å². The molecular weight excluding hydrogens is 562 g/mol. The van der Waals surface area contributed by atoms with Gasteiger partial charge in [-0.05, 0) is 77.9 Å². The maximum atomic E-state index is 13.3. The van der Waals surface area contributed by atoms with Crippen LogP contribution in [0.3, 0.4) is 0 Å². The van der Waals surface area contributed by atoms with Gasteiger partial charge in [0.25, 0.3) is 17.1 Å². The third-order valence-corrected chi connectivity index (χ3v) is 7.25.